The number of imidazole rings is 1. The van der Waals surface area contributed by atoms with E-state index in [4.69, 9.17) is 0 Å². The van der Waals surface area contributed by atoms with Crippen LogP contribution in [0.1, 0.15) is 35.6 Å². The Morgan fingerprint density at radius 2 is 1.76 bits per heavy atom. The zero-order valence-corrected chi connectivity index (χ0v) is 19.6. The highest BCUT2D eigenvalue weighted by atomic mass is 32.2. The highest BCUT2D eigenvalue weighted by Crippen LogP contribution is 2.38. The van der Waals surface area contributed by atoms with E-state index in [-0.39, 0.29) is 16.8 Å². The number of halogens is 1. The maximum Gasteiger partial charge on any atom is 0.262 e. The number of aryl methyl sites for hydroxylation is 1. The van der Waals surface area contributed by atoms with Gasteiger partial charge in [-0.3, -0.25) is 0 Å². The fourth-order valence-electron chi connectivity index (χ4n) is 4.99. The molecule has 0 amide bonds. The molecule has 3 heterocycles. The van der Waals surface area contributed by atoms with Crippen molar-refractivity contribution in [3.05, 3.63) is 83.7 Å². The summed E-state index contributed by atoms with van der Waals surface area (Å²) in [6.07, 6.45) is 4.59. The third-order valence-electron chi connectivity index (χ3n) is 6.68. The lowest BCUT2D eigenvalue weighted by molar-refractivity contribution is 0.319. The predicted molar refractivity (Wildman–Crippen MR) is 126 cm³/mol. The van der Waals surface area contributed by atoms with E-state index in [9.17, 15) is 12.8 Å². The number of rotatable bonds is 5. The molecule has 172 valence electrons. The summed E-state index contributed by atoms with van der Waals surface area (Å²) < 4.78 is 44.8. The molecule has 0 spiro atoms. The second-order valence-electron chi connectivity index (χ2n) is 8.78. The van der Waals surface area contributed by atoms with E-state index in [0.717, 1.165) is 23.9 Å². The first-order valence-corrected chi connectivity index (χ1v) is 12.6. The average Bonchev–Trinajstić information content (AvgIpc) is 3.37. The summed E-state index contributed by atoms with van der Waals surface area (Å²) >= 11 is 0. The normalized spacial score (nSPS) is 16.0. The second-order valence-corrected chi connectivity index (χ2v) is 10.7. The minimum Gasteiger partial charge on any atom is -0.340 e. The maximum atomic E-state index is 13.4. The second kappa shape index (κ2) is 8.43. The van der Waals surface area contributed by atoms with Crippen molar-refractivity contribution in [3.63, 3.8) is 0 Å². The van der Waals surface area contributed by atoms with Gasteiger partial charge in [0.2, 0.25) is 0 Å². The number of benzene rings is 2. The van der Waals surface area contributed by atoms with Crippen LogP contribution in [0, 0.1) is 12.7 Å². The third-order valence-corrected chi connectivity index (χ3v) is 8.47. The van der Waals surface area contributed by atoms with Crippen molar-refractivity contribution in [1.82, 2.24) is 18.4 Å². The van der Waals surface area contributed by atoms with Gasteiger partial charge in [-0.2, -0.15) is 4.31 Å². The smallest absolute Gasteiger partial charge is 0.262 e. The van der Waals surface area contributed by atoms with Crippen molar-refractivity contribution >= 4 is 20.9 Å². The van der Waals surface area contributed by atoms with Crippen molar-refractivity contribution < 1.29 is 12.8 Å². The van der Waals surface area contributed by atoms with Crippen LogP contribution in [0.15, 0.2) is 66.1 Å². The highest BCUT2D eigenvalue weighted by Gasteiger charge is 2.33. The van der Waals surface area contributed by atoms with Crippen molar-refractivity contribution in [3.8, 4) is 0 Å². The van der Waals surface area contributed by atoms with Gasteiger partial charge in [0.15, 0.2) is 5.03 Å². The zero-order valence-electron chi connectivity index (χ0n) is 18.8. The SMILES string of the molecule is Cc1c(C2CCN(S(=O)(=O)c3cn(C)cn3)CC2)c2ccccc2n1Cc1ccc(F)cc1. The summed E-state index contributed by atoms with van der Waals surface area (Å²) in [5.74, 6) is 0.0421. The molecule has 0 atom stereocenters. The Kier molecular flexibility index (Phi) is 5.58. The van der Waals surface area contributed by atoms with E-state index < -0.39 is 10.0 Å². The minimum absolute atomic E-state index is 0.107. The molecule has 0 radical (unpaired) electrons. The Hall–Kier alpha value is -2.97. The molecule has 0 aliphatic carbocycles. The van der Waals surface area contributed by atoms with Gasteiger partial charge in [0, 0.05) is 49.5 Å². The molecule has 0 saturated carbocycles. The molecule has 0 bridgehead atoms. The summed E-state index contributed by atoms with van der Waals surface area (Å²) in [6.45, 7) is 3.75. The van der Waals surface area contributed by atoms with Crippen LogP contribution in [0.25, 0.3) is 10.9 Å². The molecule has 1 saturated heterocycles. The van der Waals surface area contributed by atoms with Crippen molar-refractivity contribution in [2.45, 2.75) is 37.3 Å². The molecule has 2 aromatic heterocycles. The average molecular weight is 467 g/mol. The minimum atomic E-state index is -3.57. The fraction of sp³-hybridized carbons (Fsp3) is 0.320. The van der Waals surface area contributed by atoms with Gasteiger partial charge >= 0.3 is 0 Å². The van der Waals surface area contributed by atoms with Gasteiger partial charge in [-0.05, 0) is 55.0 Å². The number of fused-ring (bicyclic) bond motifs is 1. The van der Waals surface area contributed by atoms with Crippen LogP contribution in [0.5, 0.6) is 0 Å². The molecule has 1 fully saturated rings. The van der Waals surface area contributed by atoms with Crippen LogP contribution >= 0.6 is 0 Å². The van der Waals surface area contributed by atoms with Gasteiger partial charge in [-0.1, -0.05) is 30.3 Å². The highest BCUT2D eigenvalue weighted by molar-refractivity contribution is 7.89. The van der Waals surface area contributed by atoms with E-state index in [0.29, 0.717) is 19.6 Å². The van der Waals surface area contributed by atoms with Crippen molar-refractivity contribution in [2.24, 2.45) is 7.05 Å². The van der Waals surface area contributed by atoms with Crippen molar-refractivity contribution in [2.75, 3.05) is 13.1 Å². The number of sulfonamides is 1. The molecule has 2 aromatic carbocycles. The predicted octanol–water partition coefficient (Wildman–Crippen LogP) is 4.44. The molecule has 1 aliphatic rings. The lowest BCUT2D eigenvalue weighted by Crippen LogP contribution is -2.38. The van der Waals surface area contributed by atoms with E-state index in [1.54, 1.807) is 22.1 Å². The maximum absolute atomic E-state index is 13.4. The van der Waals surface area contributed by atoms with Gasteiger partial charge in [0.1, 0.15) is 5.82 Å². The van der Waals surface area contributed by atoms with Crippen LogP contribution in [0.4, 0.5) is 4.39 Å². The Bertz CT molecular complexity index is 1400. The Morgan fingerprint density at radius 3 is 2.42 bits per heavy atom. The molecule has 5 rings (SSSR count). The summed E-state index contributed by atoms with van der Waals surface area (Å²) in [7, 11) is -1.81. The molecule has 0 unspecified atom stereocenters. The van der Waals surface area contributed by atoms with E-state index in [1.165, 1.54) is 35.1 Å². The van der Waals surface area contributed by atoms with Crippen LogP contribution in [-0.4, -0.2) is 39.9 Å². The largest absolute Gasteiger partial charge is 0.340 e. The van der Waals surface area contributed by atoms with E-state index >= 15 is 0 Å². The van der Waals surface area contributed by atoms with Crippen LogP contribution in [-0.2, 0) is 23.6 Å². The van der Waals surface area contributed by atoms with E-state index in [2.05, 4.69) is 28.6 Å². The summed E-state index contributed by atoms with van der Waals surface area (Å²) in [5, 5.41) is 1.32. The molecule has 6 nitrogen and oxygen atoms in total. The number of hydrogen-bond donors (Lipinski definition) is 0. The van der Waals surface area contributed by atoms with Gasteiger partial charge in [-0.25, -0.2) is 17.8 Å². The fourth-order valence-corrected chi connectivity index (χ4v) is 6.42. The summed E-state index contributed by atoms with van der Waals surface area (Å²) in [6, 6.07) is 15.0. The lowest BCUT2D eigenvalue weighted by atomic mass is 9.88. The quantitative estimate of drug-likeness (QED) is 0.437. The molecular formula is C25H27FN4O2S. The zero-order chi connectivity index (χ0) is 23.2. The molecule has 1 aliphatic heterocycles. The number of hydrogen-bond acceptors (Lipinski definition) is 3. The topological polar surface area (TPSA) is 60.1 Å². The monoisotopic (exact) mass is 466 g/mol. The first kappa shape index (κ1) is 21.9. The first-order chi connectivity index (χ1) is 15.8. The van der Waals surface area contributed by atoms with Crippen LogP contribution in [0.3, 0.4) is 0 Å². The van der Waals surface area contributed by atoms with E-state index in [1.807, 2.05) is 24.3 Å². The summed E-state index contributed by atoms with van der Waals surface area (Å²) in [5.41, 5.74) is 4.68. The third kappa shape index (κ3) is 3.98. The molecule has 4 aromatic rings. The number of piperidine rings is 1. The number of nitrogens with zero attached hydrogens (tertiary/aromatic N) is 4. The summed E-state index contributed by atoms with van der Waals surface area (Å²) in [4.78, 5) is 4.05. The van der Waals surface area contributed by atoms with Crippen molar-refractivity contribution in [1.29, 1.82) is 0 Å². The number of aromatic nitrogens is 3. The molecule has 33 heavy (non-hydrogen) atoms. The molecule has 0 N–H and O–H groups in total. The van der Waals surface area contributed by atoms with Crippen LogP contribution in [0.2, 0.25) is 0 Å². The lowest BCUT2D eigenvalue weighted by Gasteiger charge is -2.31. The standard InChI is InChI=1S/C25H27FN4O2S/c1-18-25(20-11-13-29(14-12-20)33(31,32)24-16-28(2)17-27-24)22-5-3-4-6-23(22)30(18)15-19-7-9-21(26)10-8-19/h3-10,16-17,20H,11-15H2,1-2H3. The van der Waals surface area contributed by atoms with Crippen LogP contribution < -0.4 is 0 Å². The molecule has 8 heteroatoms. The Balaban J connectivity index is 1.43. The molecular weight excluding hydrogens is 439 g/mol. The van der Waals surface area contributed by atoms with Gasteiger partial charge in [0.25, 0.3) is 10.0 Å². The Morgan fingerprint density at radius 1 is 1.06 bits per heavy atom. The number of para-hydroxylation sites is 1. The Labute approximate surface area is 193 Å². The van der Waals surface area contributed by atoms with Gasteiger partial charge in [-0.15, -0.1) is 0 Å². The van der Waals surface area contributed by atoms with Gasteiger partial charge in [0.05, 0.1) is 6.33 Å². The van der Waals surface area contributed by atoms with Gasteiger partial charge < -0.3 is 9.13 Å². The first-order valence-electron chi connectivity index (χ1n) is 11.1.